The Morgan fingerprint density at radius 2 is 2.00 bits per heavy atom. The van der Waals surface area contributed by atoms with E-state index in [-0.39, 0.29) is 5.91 Å². The summed E-state index contributed by atoms with van der Waals surface area (Å²) in [6.45, 7) is 7.15. The molecule has 1 aliphatic rings. The van der Waals surface area contributed by atoms with Crippen LogP contribution in [0.15, 0.2) is 42.5 Å². The predicted octanol–water partition coefficient (Wildman–Crippen LogP) is 3.88. The van der Waals surface area contributed by atoms with E-state index in [1.165, 1.54) is 0 Å². The number of fused-ring (bicyclic) bond motifs is 5. The number of carbonyl (C=O) groups is 1. The molecule has 2 aromatic carbocycles. The Labute approximate surface area is 121 Å². The largest absolute Gasteiger partial charge is 0.354 e. The van der Waals surface area contributed by atoms with Gasteiger partial charge in [-0.15, -0.1) is 0 Å². The van der Waals surface area contributed by atoms with E-state index < -0.39 is 0 Å². The van der Waals surface area contributed by atoms with E-state index in [1.54, 1.807) is 6.07 Å². The monoisotopic (exact) mass is 273 g/mol. The first-order valence-electron chi connectivity index (χ1n) is 6.67. The maximum atomic E-state index is 12.1. The number of carbonyl (C=O) groups excluding carboxylic acids is 1. The molecule has 0 atom stereocenters. The topological polar surface area (TPSA) is 49.2 Å². The minimum atomic E-state index is -0.0321. The lowest BCUT2D eigenvalue weighted by Crippen LogP contribution is -2.12. The number of rotatable bonds is 0. The zero-order chi connectivity index (χ0) is 14.4. The summed E-state index contributed by atoms with van der Waals surface area (Å²) in [4.78, 5) is 19.0. The van der Waals surface area contributed by atoms with Crippen molar-refractivity contribution in [3.05, 3.63) is 59.4 Å². The molecule has 4 nitrogen and oxygen atoms in total. The normalized spacial score (nSPS) is 13.0. The van der Waals surface area contributed by atoms with Crippen molar-refractivity contribution in [3.8, 4) is 11.3 Å². The number of hydrogen-bond acceptors (Lipinski definition) is 1. The quantitative estimate of drug-likeness (QED) is 0.600. The fraction of sp³-hybridized carbons (Fsp3) is 0.0588. The first-order chi connectivity index (χ1) is 10.3. The molecule has 0 saturated heterocycles. The summed E-state index contributed by atoms with van der Waals surface area (Å²) in [6, 6.07) is 13.3. The van der Waals surface area contributed by atoms with Gasteiger partial charge in [-0.2, -0.15) is 0 Å². The second-order valence-electron chi connectivity index (χ2n) is 5.09. The highest BCUT2D eigenvalue weighted by atomic mass is 16.1. The van der Waals surface area contributed by atoms with E-state index in [9.17, 15) is 4.79 Å². The summed E-state index contributed by atoms with van der Waals surface area (Å²) in [7, 11) is 0. The number of aromatic nitrogens is 1. The molecule has 100 valence electrons. The third-order valence-corrected chi connectivity index (χ3v) is 3.83. The highest BCUT2D eigenvalue weighted by molar-refractivity contribution is 6.05. The molecule has 0 unspecified atom stereocenters. The Bertz CT molecular complexity index is 931. The second kappa shape index (κ2) is 4.22. The fourth-order valence-corrected chi connectivity index (χ4v) is 2.88. The number of hydrogen-bond donors (Lipinski definition) is 2. The number of aromatic amines is 1. The van der Waals surface area contributed by atoms with Crippen molar-refractivity contribution in [1.29, 1.82) is 0 Å². The van der Waals surface area contributed by atoms with Crippen molar-refractivity contribution in [2.45, 2.75) is 6.42 Å². The van der Waals surface area contributed by atoms with Gasteiger partial charge in [0.1, 0.15) is 0 Å². The zero-order valence-corrected chi connectivity index (χ0v) is 11.1. The Kier molecular flexibility index (Phi) is 2.36. The Balaban J connectivity index is 2.09. The highest BCUT2D eigenvalue weighted by Crippen LogP contribution is 2.38. The van der Waals surface area contributed by atoms with Crippen molar-refractivity contribution < 1.29 is 4.79 Å². The number of nitrogens with zero attached hydrogens (tertiary/aromatic N) is 1. The molecule has 4 heteroatoms. The number of benzene rings is 2. The van der Waals surface area contributed by atoms with Crippen LogP contribution in [0.5, 0.6) is 0 Å². The molecule has 2 heterocycles. The average molecular weight is 273 g/mol. The van der Waals surface area contributed by atoms with Crippen molar-refractivity contribution >= 4 is 28.2 Å². The van der Waals surface area contributed by atoms with Crippen molar-refractivity contribution in [2.24, 2.45) is 0 Å². The van der Waals surface area contributed by atoms with Crippen LogP contribution in [0.2, 0.25) is 0 Å². The van der Waals surface area contributed by atoms with Gasteiger partial charge >= 0.3 is 0 Å². The summed E-state index contributed by atoms with van der Waals surface area (Å²) >= 11 is 0. The summed E-state index contributed by atoms with van der Waals surface area (Å²) in [6.07, 6.45) is 0.311. The minimum absolute atomic E-state index is 0.0321. The summed E-state index contributed by atoms with van der Waals surface area (Å²) < 4.78 is 0. The Morgan fingerprint density at radius 3 is 2.86 bits per heavy atom. The standard InChI is InChI=1S/C17H11N3O/c1-18-10-6-7-15-12(8-10)13-9-16(21)19-14-5-3-2-4-11(14)17(13)20-15/h2-8,20H,9H2,(H,19,21). The third kappa shape index (κ3) is 1.72. The van der Waals surface area contributed by atoms with Gasteiger partial charge in [0.15, 0.2) is 5.69 Å². The van der Waals surface area contributed by atoms with Gasteiger partial charge < -0.3 is 10.3 Å². The molecule has 0 fully saturated rings. The molecule has 0 radical (unpaired) electrons. The molecule has 1 amide bonds. The van der Waals surface area contributed by atoms with Gasteiger partial charge in [0.25, 0.3) is 0 Å². The summed E-state index contributed by atoms with van der Waals surface area (Å²) in [5.74, 6) is -0.0321. The van der Waals surface area contributed by atoms with Gasteiger partial charge in [0.2, 0.25) is 5.91 Å². The molecule has 0 spiro atoms. The number of nitrogens with one attached hydrogen (secondary N) is 2. The predicted molar refractivity (Wildman–Crippen MR) is 82.3 cm³/mol. The summed E-state index contributed by atoms with van der Waals surface area (Å²) in [5, 5.41) is 3.88. The number of H-pyrrole nitrogens is 1. The van der Waals surface area contributed by atoms with Gasteiger partial charge in [-0.25, -0.2) is 4.85 Å². The van der Waals surface area contributed by atoms with E-state index in [0.717, 1.165) is 33.4 Å². The first-order valence-corrected chi connectivity index (χ1v) is 6.67. The first kappa shape index (κ1) is 11.7. The fourth-order valence-electron chi connectivity index (χ4n) is 2.88. The average Bonchev–Trinajstić information content (AvgIpc) is 2.78. The van der Waals surface area contributed by atoms with Crippen LogP contribution in [-0.4, -0.2) is 10.9 Å². The van der Waals surface area contributed by atoms with E-state index >= 15 is 0 Å². The van der Waals surface area contributed by atoms with Gasteiger partial charge in [0, 0.05) is 11.1 Å². The molecule has 0 aliphatic carbocycles. The van der Waals surface area contributed by atoms with Crippen molar-refractivity contribution in [1.82, 2.24) is 4.98 Å². The van der Waals surface area contributed by atoms with Crippen molar-refractivity contribution in [3.63, 3.8) is 0 Å². The van der Waals surface area contributed by atoms with Crippen LogP contribution >= 0.6 is 0 Å². The molecule has 0 saturated carbocycles. The lowest BCUT2D eigenvalue weighted by Gasteiger charge is -2.05. The van der Waals surface area contributed by atoms with E-state index in [1.807, 2.05) is 36.4 Å². The maximum absolute atomic E-state index is 12.1. The molecule has 0 bridgehead atoms. The van der Waals surface area contributed by atoms with Crippen LogP contribution < -0.4 is 5.32 Å². The van der Waals surface area contributed by atoms with Gasteiger partial charge in [-0.05, 0) is 29.1 Å². The highest BCUT2D eigenvalue weighted by Gasteiger charge is 2.22. The number of amides is 1. The van der Waals surface area contributed by atoms with Gasteiger partial charge in [-0.1, -0.05) is 24.3 Å². The van der Waals surface area contributed by atoms with E-state index in [2.05, 4.69) is 15.1 Å². The Hall–Kier alpha value is -3.06. The minimum Gasteiger partial charge on any atom is -0.354 e. The van der Waals surface area contributed by atoms with E-state index in [4.69, 9.17) is 6.57 Å². The lowest BCUT2D eigenvalue weighted by molar-refractivity contribution is -0.115. The van der Waals surface area contributed by atoms with Crippen LogP contribution in [0.4, 0.5) is 11.4 Å². The lowest BCUT2D eigenvalue weighted by atomic mass is 10.0. The molecule has 2 N–H and O–H groups in total. The zero-order valence-electron chi connectivity index (χ0n) is 11.1. The van der Waals surface area contributed by atoms with Crippen LogP contribution in [0.3, 0.4) is 0 Å². The molecular weight excluding hydrogens is 262 g/mol. The van der Waals surface area contributed by atoms with Crippen LogP contribution in [0, 0.1) is 6.57 Å². The maximum Gasteiger partial charge on any atom is 0.228 e. The third-order valence-electron chi connectivity index (χ3n) is 3.83. The van der Waals surface area contributed by atoms with Gasteiger partial charge in [0.05, 0.1) is 24.4 Å². The molecule has 3 aromatic rings. The second-order valence-corrected chi connectivity index (χ2v) is 5.09. The molecule has 4 rings (SSSR count). The molecular formula is C17H11N3O. The molecule has 1 aromatic heterocycles. The van der Waals surface area contributed by atoms with Gasteiger partial charge in [-0.3, -0.25) is 4.79 Å². The number of para-hydroxylation sites is 1. The number of anilines is 1. The van der Waals surface area contributed by atoms with Crippen LogP contribution in [-0.2, 0) is 11.2 Å². The van der Waals surface area contributed by atoms with Crippen LogP contribution in [0.25, 0.3) is 27.0 Å². The van der Waals surface area contributed by atoms with Crippen LogP contribution in [0.1, 0.15) is 5.56 Å². The smallest absolute Gasteiger partial charge is 0.228 e. The summed E-state index contributed by atoms with van der Waals surface area (Å²) in [5.41, 5.74) is 5.26. The Morgan fingerprint density at radius 1 is 1.14 bits per heavy atom. The van der Waals surface area contributed by atoms with E-state index in [0.29, 0.717) is 12.1 Å². The molecule has 1 aliphatic heterocycles. The van der Waals surface area contributed by atoms with Crippen molar-refractivity contribution in [2.75, 3.05) is 5.32 Å². The molecule has 21 heavy (non-hydrogen) atoms. The SMILES string of the molecule is [C-]#[N+]c1ccc2[nH]c3c(c2c1)CC(=O)Nc1ccccc1-3.